The second-order valence-electron chi connectivity index (χ2n) is 13.2. The number of carboxylic acids is 1. The molecule has 0 spiro atoms. The zero-order chi connectivity index (χ0) is 39.2. The highest BCUT2D eigenvalue weighted by Crippen LogP contribution is 2.14. The first-order valence-electron chi connectivity index (χ1n) is 17.8. The number of hydrogen-bond donors (Lipinski definition) is 9. The molecule has 12 N–H and O–H groups in total. The molecule has 0 aliphatic heterocycles. The van der Waals surface area contributed by atoms with E-state index < -0.39 is 71.8 Å². The van der Waals surface area contributed by atoms with Gasteiger partial charge < -0.3 is 53.6 Å². The molecule has 0 saturated heterocycles. The summed E-state index contributed by atoms with van der Waals surface area (Å²) in [5.41, 5.74) is 17.6. The second kappa shape index (κ2) is 24.6. The van der Waals surface area contributed by atoms with Gasteiger partial charge in [-0.3, -0.25) is 24.0 Å². The van der Waals surface area contributed by atoms with E-state index in [-0.39, 0.29) is 38.0 Å². The van der Waals surface area contributed by atoms with Gasteiger partial charge in [0.15, 0.2) is 0 Å². The van der Waals surface area contributed by atoms with Crippen molar-refractivity contribution in [3.63, 3.8) is 0 Å². The van der Waals surface area contributed by atoms with Crippen LogP contribution in [0, 0.1) is 5.92 Å². The Kier molecular flexibility index (Phi) is 21.5. The minimum Gasteiger partial charge on any atom is -0.497 e. The van der Waals surface area contributed by atoms with Gasteiger partial charge in [0.05, 0.1) is 13.2 Å². The Bertz CT molecular complexity index is 1310. The van der Waals surface area contributed by atoms with Gasteiger partial charge >= 0.3 is 5.97 Å². The maximum absolute atomic E-state index is 13.8. The van der Waals surface area contributed by atoms with Gasteiger partial charge in [-0.15, -0.1) is 6.58 Å². The number of hydrogen-bond acceptors (Lipinski definition) is 10. The molecule has 292 valence electrons. The molecule has 0 aliphatic carbocycles. The molecule has 0 aliphatic rings. The van der Waals surface area contributed by atoms with Crippen LogP contribution < -0.4 is 48.5 Å². The number of carbonyl (C=O) groups excluding carboxylic acids is 5. The Morgan fingerprint density at radius 2 is 1.15 bits per heavy atom. The number of unbranched alkanes of at least 4 members (excludes halogenated alkanes) is 2. The van der Waals surface area contributed by atoms with Gasteiger partial charge in [-0.05, 0) is 95.0 Å². The summed E-state index contributed by atoms with van der Waals surface area (Å²) in [6.07, 6.45) is 4.19. The first kappa shape index (κ1) is 45.5. The van der Waals surface area contributed by atoms with Crippen LogP contribution in [0.15, 0.2) is 36.9 Å². The molecule has 16 nitrogen and oxygen atoms in total. The van der Waals surface area contributed by atoms with Crippen molar-refractivity contribution in [2.24, 2.45) is 23.1 Å². The van der Waals surface area contributed by atoms with Crippen LogP contribution in [-0.4, -0.2) is 97.1 Å². The zero-order valence-electron chi connectivity index (χ0n) is 31.0. The van der Waals surface area contributed by atoms with Crippen LogP contribution in [0.2, 0.25) is 0 Å². The molecule has 0 aromatic heterocycles. The van der Waals surface area contributed by atoms with Crippen molar-refractivity contribution in [3.05, 3.63) is 42.5 Å². The highest BCUT2D eigenvalue weighted by atomic mass is 16.5. The van der Waals surface area contributed by atoms with E-state index in [1.165, 1.54) is 20.1 Å². The maximum Gasteiger partial charge on any atom is 0.326 e. The van der Waals surface area contributed by atoms with Crippen molar-refractivity contribution < 1.29 is 38.6 Å². The van der Waals surface area contributed by atoms with Gasteiger partial charge in [-0.2, -0.15) is 0 Å². The molecule has 0 heterocycles. The lowest BCUT2D eigenvalue weighted by Crippen LogP contribution is -2.59. The number of benzene rings is 1. The number of methoxy groups -OCH3 is 1. The van der Waals surface area contributed by atoms with Crippen molar-refractivity contribution in [1.29, 1.82) is 0 Å². The molecule has 1 rings (SSSR count). The topological polar surface area (TPSA) is 270 Å². The van der Waals surface area contributed by atoms with Crippen LogP contribution >= 0.6 is 0 Å². The molecule has 0 bridgehead atoms. The van der Waals surface area contributed by atoms with Gasteiger partial charge in [0.1, 0.15) is 36.0 Å². The summed E-state index contributed by atoms with van der Waals surface area (Å²) in [4.78, 5) is 78.8. The van der Waals surface area contributed by atoms with Crippen LogP contribution in [0.1, 0.15) is 77.7 Å². The highest BCUT2D eigenvalue weighted by Gasteiger charge is 2.32. The third kappa shape index (κ3) is 17.1. The summed E-state index contributed by atoms with van der Waals surface area (Å²) in [6.45, 7) is 9.58. The van der Waals surface area contributed by atoms with Crippen LogP contribution in [0.5, 0.6) is 5.75 Å². The molecule has 0 saturated carbocycles. The lowest BCUT2D eigenvalue weighted by Gasteiger charge is -2.27. The Balaban J connectivity index is 3.32. The van der Waals surface area contributed by atoms with E-state index in [0.717, 1.165) is 0 Å². The Morgan fingerprint density at radius 1 is 0.712 bits per heavy atom. The van der Waals surface area contributed by atoms with E-state index in [2.05, 4.69) is 33.2 Å². The van der Waals surface area contributed by atoms with E-state index in [1.807, 2.05) is 13.8 Å². The Labute approximate surface area is 306 Å². The fraction of sp³-hybridized carbons (Fsp3) is 0.611. The molecule has 5 amide bonds. The quantitative estimate of drug-likeness (QED) is 0.0451. The number of carboxylic acid groups (broad SMARTS) is 1. The lowest BCUT2D eigenvalue weighted by molar-refractivity contribution is -0.142. The van der Waals surface area contributed by atoms with E-state index in [4.69, 9.17) is 21.9 Å². The average molecular weight is 733 g/mol. The SMILES string of the molecule is C=CC[C@H](NC(=O)[C@H](CCCCN)NC(=O)[C@H](CCCCN)NC(=O)[C@H](C)N)C(=O)N[C@@H](Cc1ccc(OC)cc1)C(=O)N[C@@H](CC(C)C)C(=O)O. The second-order valence-corrected chi connectivity index (χ2v) is 13.2. The van der Waals surface area contributed by atoms with E-state index in [9.17, 15) is 33.9 Å². The number of rotatable bonds is 26. The van der Waals surface area contributed by atoms with Crippen LogP contribution in [0.25, 0.3) is 0 Å². The van der Waals surface area contributed by atoms with Crippen molar-refractivity contribution >= 4 is 35.5 Å². The minimum absolute atomic E-state index is 0.000788. The van der Waals surface area contributed by atoms with Crippen molar-refractivity contribution in [1.82, 2.24) is 26.6 Å². The van der Waals surface area contributed by atoms with Gasteiger partial charge in [-0.25, -0.2) is 4.79 Å². The summed E-state index contributed by atoms with van der Waals surface area (Å²) in [5.74, 6) is -3.93. The van der Waals surface area contributed by atoms with Gasteiger partial charge in [-0.1, -0.05) is 32.1 Å². The summed E-state index contributed by atoms with van der Waals surface area (Å²) in [5, 5.41) is 23.0. The van der Waals surface area contributed by atoms with Crippen molar-refractivity contribution in [2.45, 2.75) is 115 Å². The van der Waals surface area contributed by atoms with Gasteiger partial charge in [0.2, 0.25) is 29.5 Å². The molecule has 16 heteroatoms. The van der Waals surface area contributed by atoms with Crippen LogP contribution in [-0.2, 0) is 35.2 Å². The molecule has 52 heavy (non-hydrogen) atoms. The number of ether oxygens (including phenoxy) is 1. The number of amides is 5. The summed E-state index contributed by atoms with van der Waals surface area (Å²) >= 11 is 0. The lowest BCUT2D eigenvalue weighted by atomic mass is 10.0. The summed E-state index contributed by atoms with van der Waals surface area (Å²) in [6, 6.07) is 0.228. The first-order chi connectivity index (χ1) is 24.7. The number of aliphatic carboxylic acids is 1. The van der Waals surface area contributed by atoms with Crippen molar-refractivity contribution in [3.8, 4) is 5.75 Å². The average Bonchev–Trinajstić information content (AvgIpc) is 3.09. The molecular weight excluding hydrogens is 672 g/mol. The monoisotopic (exact) mass is 732 g/mol. The molecule has 6 atom stereocenters. The summed E-state index contributed by atoms with van der Waals surface area (Å²) < 4.78 is 5.21. The molecular formula is C36H60N8O8. The number of carbonyl (C=O) groups is 6. The fourth-order valence-corrected chi connectivity index (χ4v) is 5.21. The largest absolute Gasteiger partial charge is 0.497 e. The summed E-state index contributed by atoms with van der Waals surface area (Å²) in [7, 11) is 1.51. The predicted molar refractivity (Wildman–Crippen MR) is 198 cm³/mol. The first-order valence-corrected chi connectivity index (χ1v) is 17.8. The van der Waals surface area contributed by atoms with Crippen LogP contribution in [0.4, 0.5) is 0 Å². The predicted octanol–water partition coefficient (Wildman–Crippen LogP) is -0.0263. The minimum atomic E-state index is -1.22. The van der Waals surface area contributed by atoms with Gasteiger partial charge in [0.25, 0.3) is 0 Å². The molecule has 1 aromatic carbocycles. The van der Waals surface area contributed by atoms with Crippen molar-refractivity contribution in [2.75, 3.05) is 20.2 Å². The number of nitrogens with one attached hydrogen (secondary N) is 5. The third-order valence-electron chi connectivity index (χ3n) is 8.16. The smallest absolute Gasteiger partial charge is 0.326 e. The fourth-order valence-electron chi connectivity index (χ4n) is 5.21. The number of nitrogens with two attached hydrogens (primary N) is 3. The van der Waals surface area contributed by atoms with E-state index in [1.54, 1.807) is 24.3 Å². The third-order valence-corrected chi connectivity index (χ3v) is 8.16. The molecule has 1 aromatic rings. The normalized spacial score (nSPS) is 14.5. The Hall–Kier alpha value is -4.54. The maximum atomic E-state index is 13.8. The standard InChI is InChI=1S/C36H60N8O8/c1-6-11-26(41-34(48)28(13-8-10-19-38)42-33(47)27(12-7-9-18-37)40-31(45)23(4)39)32(46)43-29(21-24-14-16-25(52-5)17-15-24)35(49)44-30(36(50)51)20-22(2)3/h6,14-17,22-23,26-30H,1,7-13,18-21,37-39H2,2-5H3,(H,40,45)(H,41,48)(H,42,47)(H,43,46)(H,44,49)(H,50,51)/t23-,26-,27-,28-,29-,30-/m0/s1. The van der Waals surface area contributed by atoms with E-state index in [0.29, 0.717) is 50.1 Å². The van der Waals surface area contributed by atoms with Crippen LogP contribution in [0.3, 0.4) is 0 Å². The molecule has 0 radical (unpaired) electrons. The highest BCUT2D eigenvalue weighted by molar-refractivity contribution is 5.96. The zero-order valence-corrected chi connectivity index (χ0v) is 31.0. The Morgan fingerprint density at radius 3 is 1.60 bits per heavy atom. The molecule has 0 unspecified atom stereocenters. The van der Waals surface area contributed by atoms with E-state index >= 15 is 0 Å². The molecule has 0 fully saturated rings. The van der Waals surface area contributed by atoms with Gasteiger partial charge in [0, 0.05) is 6.42 Å².